The van der Waals surface area contributed by atoms with Crippen LogP contribution in [0.5, 0.6) is 5.75 Å². The van der Waals surface area contributed by atoms with Crippen molar-refractivity contribution in [3.8, 4) is 5.75 Å². The third-order valence-corrected chi connectivity index (χ3v) is 6.13. The highest BCUT2D eigenvalue weighted by Gasteiger charge is 2.56. The Morgan fingerprint density at radius 2 is 2.11 bits per heavy atom. The normalized spacial score (nSPS) is 24.6. The van der Waals surface area contributed by atoms with Gasteiger partial charge in [-0.1, -0.05) is 18.6 Å². The van der Waals surface area contributed by atoms with Crippen LogP contribution < -0.4 is 10.1 Å². The predicted molar refractivity (Wildman–Crippen MR) is 101 cm³/mol. The Balaban J connectivity index is 1.54. The second kappa shape index (κ2) is 7.22. The van der Waals surface area contributed by atoms with E-state index in [1.54, 1.807) is 24.3 Å². The molecule has 2 aliphatic rings. The summed E-state index contributed by atoms with van der Waals surface area (Å²) in [5.74, 6) is 0.580. The molecule has 1 unspecified atom stereocenters. The SMILES string of the molecule is COc1ccc(C(NC(=O)N2C[C@@H]3CCC[C@@]3(C(=O)O)C2)c2ccco2)cc1. The lowest BCUT2D eigenvalue weighted by Crippen LogP contribution is -2.43. The minimum Gasteiger partial charge on any atom is -0.497 e. The zero-order chi connectivity index (χ0) is 19.7. The van der Waals surface area contributed by atoms with Crippen LogP contribution >= 0.6 is 0 Å². The van der Waals surface area contributed by atoms with Gasteiger partial charge >= 0.3 is 12.0 Å². The zero-order valence-electron chi connectivity index (χ0n) is 15.8. The number of likely N-dealkylation sites (tertiary alicyclic amines) is 1. The van der Waals surface area contributed by atoms with Crippen molar-refractivity contribution >= 4 is 12.0 Å². The molecule has 0 spiro atoms. The number of rotatable bonds is 5. The molecular formula is C21H24N2O5. The van der Waals surface area contributed by atoms with Crippen LogP contribution in [0.25, 0.3) is 0 Å². The summed E-state index contributed by atoms with van der Waals surface area (Å²) < 4.78 is 10.7. The maximum absolute atomic E-state index is 13.0. The number of benzene rings is 1. The summed E-state index contributed by atoms with van der Waals surface area (Å²) in [7, 11) is 1.60. The quantitative estimate of drug-likeness (QED) is 0.825. The van der Waals surface area contributed by atoms with Gasteiger partial charge in [0.05, 0.1) is 18.8 Å². The Bertz CT molecular complexity index is 848. The number of fused-ring (bicyclic) bond motifs is 1. The average molecular weight is 384 g/mol. The van der Waals surface area contributed by atoms with Gasteiger partial charge in [-0.3, -0.25) is 4.79 Å². The van der Waals surface area contributed by atoms with Crippen LogP contribution in [0.1, 0.15) is 36.6 Å². The van der Waals surface area contributed by atoms with E-state index < -0.39 is 17.4 Å². The number of hydrogen-bond donors (Lipinski definition) is 2. The summed E-state index contributed by atoms with van der Waals surface area (Å²) in [6.07, 6.45) is 3.97. The molecule has 1 saturated heterocycles. The molecule has 2 aromatic rings. The zero-order valence-corrected chi connectivity index (χ0v) is 15.8. The summed E-state index contributed by atoms with van der Waals surface area (Å²) in [6.45, 7) is 0.734. The molecule has 4 rings (SSSR count). The maximum Gasteiger partial charge on any atom is 0.318 e. The first-order valence-electron chi connectivity index (χ1n) is 9.50. The molecule has 1 saturated carbocycles. The van der Waals surface area contributed by atoms with Gasteiger partial charge in [-0.25, -0.2) is 4.79 Å². The number of carboxylic acids is 1. The first-order valence-corrected chi connectivity index (χ1v) is 9.50. The van der Waals surface area contributed by atoms with E-state index in [0.29, 0.717) is 18.7 Å². The summed E-state index contributed by atoms with van der Waals surface area (Å²) in [4.78, 5) is 26.5. The van der Waals surface area contributed by atoms with Crippen molar-refractivity contribution in [2.45, 2.75) is 25.3 Å². The highest BCUT2D eigenvalue weighted by Crippen LogP contribution is 2.48. The molecule has 148 valence electrons. The monoisotopic (exact) mass is 384 g/mol. The molecule has 1 aromatic carbocycles. The van der Waals surface area contributed by atoms with Gasteiger partial charge in [0.15, 0.2) is 0 Å². The summed E-state index contributed by atoms with van der Waals surface area (Å²) in [5.41, 5.74) is 0.0638. The highest BCUT2D eigenvalue weighted by molar-refractivity contribution is 5.81. The number of urea groups is 1. The molecule has 2 N–H and O–H groups in total. The Labute approximate surface area is 163 Å². The Morgan fingerprint density at radius 1 is 1.32 bits per heavy atom. The van der Waals surface area contributed by atoms with Crippen molar-refractivity contribution in [1.82, 2.24) is 10.2 Å². The fourth-order valence-electron chi connectivity index (χ4n) is 4.58. The van der Waals surface area contributed by atoms with Gasteiger partial charge < -0.3 is 24.5 Å². The molecule has 7 nitrogen and oxygen atoms in total. The number of carboxylic acid groups (broad SMARTS) is 1. The molecule has 2 amide bonds. The first-order chi connectivity index (χ1) is 13.5. The minimum atomic E-state index is -0.794. The third-order valence-electron chi connectivity index (χ3n) is 6.13. The van der Waals surface area contributed by atoms with E-state index in [4.69, 9.17) is 9.15 Å². The van der Waals surface area contributed by atoms with E-state index in [9.17, 15) is 14.7 Å². The molecule has 3 atom stereocenters. The summed E-state index contributed by atoms with van der Waals surface area (Å²) in [5, 5.41) is 12.8. The molecule has 0 bridgehead atoms. The van der Waals surface area contributed by atoms with Crippen LogP contribution in [0.2, 0.25) is 0 Å². The lowest BCUT2D eigenvalue weighted by molar-refractivity contribution is -0.149. The van der Waals surface area contributed by atoms with Crippen LogP contribution in [-0.2, 0) is 4.79 Å². The molecule has 7 heteroatoms. The second-order valence-electron chi connectivity index (χ2n) is 7.60. The Hall–Kier alpha value is -2.96. The van der Waals surface area contributed by atoms with Crippen molar-refractivity contribution in [3.63, 3.8) is 0 Å². The largest absolute Gasteiger partial charge is 0.497 e. The Morgan fingerprint density at radius 3 is 2.71 bits per heavy atom. The van der Waals surface area contributed by atoms with Gasteiger partial charge in [0.1, 0.15) is 17.6 Å². The number of hydrogen-bond acceptors (Lipinski definition) is 4. The third kappa shape index (κ3) is 3.10. The highest BCUT2D eigenvalue weighted by atomic mass is 16.5. The van der Waals surface area contributed by atoms with Crippen LogP contribution in [0.15, 0.2) is 47.1 Å². The van der Waals surface area contributed by atoms with Gasteiger partial charge in [0.2, 0.25) is 0 Å². The van der Waals surface area contributed by atoms with E-state index in [2.05, 4.69) is 5.32 Å². The minimum absolute atomic E-state index is 0.0267. The van der Waals surface area contributed by atoms with Crippen LogP contribution in [0, 0.1) is 11.3 Å². The number of carbonyl (C=O) groups is 2. The van der Waals surface area contributed by atoms with Gasteiger partial charge in [-0.05, 0) is 48.6 Å². The van der Waals surface area contributed by atoms with Crippen molar-refractivity contribution in [2.75, 3.05) is 20.2 Å². The maximum atomic E-state index is 13.0. The van der Waals surface area contributed by atoms with Gasteiger partial charge in [-0.2, -0.15) is 0 Å². The lowest BCUT2D eigenvalue weighted by Gasteiger charge is -2.25. The van der Waals surface area contributed by atoms with Crippen LogP contribution in [0.3, 0.4) is 0 Å². The van der Waals surface area contributed by atoms with E-state index in [1.165, 1.54) is 0 Å². The van der Waals surface area contributed by atoms with E-state index in [1.807, 2.05) is 30.3 Å². The fraction of sp³-hybridized carbons (Fsp3) is 0.429. The van der Waals surface area contributed by atoms with Crippen LogP contribution in [0.4, 0.5) is 4.79 Å². The molecule has 1 aromatic heterocycles. The Kier molecular flexibility index (Phi) is 4.75. The first kappa shape index (κ1) is 18.4. The number of amides is 2. The van der Waals surface area contributed by atoms with Gasteiger partial charge in [-0.15, -0.1) is 0 Å². The van der Waals surface area contributed by atoms with Gasteiger partial charge in [0.25, 0.3) is 0 Å². The summed E-state index contributed by atoms with van der Waals surface area (Å²) in [6, 6.07) is 10.3. The molecular weight excluding hydrogens is 360 g/mol. The number of ether oxygens (including phenoxy) is 1. The van der Waals surface area contributed by atoms with E-state index in [-0.39, 0.29) is 18.5 Å². The van der Waals surface area contributed by atoms with Gasteiger partial charge in [0, 0.05) is 13.1 Å². The number of methoxy groups -OCH3 is 1. The lowest BCUT2D eigenvalue weighted by atomic mass is 9.81. The standard InChI is InChI=1S/C21H24N2O5/c1-27-16-8-6-14(7-9-16)18(17-5-3-11-28-17)22-20(26)23-12-15-4-2-10-21(15,13-23)19(24)25/h3,5-9,11,15,18H,2,4,10,12-13H2,1H3,(H,22,26)(H,24,25)/t15-,18?,21+/m0/s1. The smallest absolute Gasteiger partial charge is 0.318 e. The van der Waals surface area contributed by atoms with Crippen molar-refractivity contribution in [2.24, 2.45) is 11.3 Å². The molecule has 28 heavy (non-hydrogen) atoms. The average Bonchev–Trinajstić information content (AvgIpc) is 3.41. The van der Waals surface area contributed by atoms with Crippen molar-refractivity contribution in [1.29, 1.82) is 0 Å². The number of carbonyl (C=O) groups excluding carboxylic acids is 1. The number of furan rings is 1. The predicted octanol–water partition coefficient (Wildman–Crippen LogP) is 3.27. The number of nitrogens with zero attached hydrogens (tertiary/aromatic N) is 1. The number of aliphatic carboxylic acids is 1. The molecule has 1 aliphatic carbocycles. The molecule has 2 heterocycles. The molecule has 2 fully saturated rings. The van der Waals surface area contributed by atoms with E-state index in [0.717, 1.165) is 24.2 Å². The summed E-state index contributed by atoms with van der Waals surface area (Å²) >= 11 is 0. The van der Waals surface area contributed by atoms with Crippen molar-refractivity contribution < 1.29 is 23.8 Å². The molecule has 0 radical (unpaired) electrons. The van der Waals surface area contributed by atoms with E-state index >= 15 is 0 Å². The van der Waals surface area contributed by atoms with Crippen LogP contribution in [-0.4, -0.2) is 42.2 Å². The number of nitrogens with one attached hydrogen (secondary N) is 1. The van der Waals surface area contributed by atoms with Crippen molar-refractivity contribution in [3.05, 3.63) is 54.0 Å². The second-order valence-corrected chi connectivity index (χ2v) is 7.60. The topological polar surface area (TPSA) is 92.0 Å². The fourth-order valence-corrected chi connectivity index (χ4v) is 4.58. The molecule has 1 aliphatic heterocycles.